The Bertz CT molecular complexity index is 601. The summed E-state index contributed by atoms with van der Waals surface area (Å²) in [5, 5.41) is 0. The number of allylic oxidation sites excluding steroid dienone is 2. The zero-order valence-corrected chi connectivity index (χ0v) is 21.3. The highest BCUT2D eigenvalue weighted by Crippen LogP contribution is 2.65. The highest BCUT2D eigenvalue weighted by atomic mass is 14.6. The fraction of sp³-hybridized carbons (Fsp3) is 0.933. The van der Waals surface area contributed by atoms with Crippen molar-refractivity contribution in [2.75, 3.05) is 0 Å². The maximum absolute atomic E-state index is 2.77. The molecule has 0 saturated heterocycles. The smallest absolute Gasteiger partial charge is 0.0166 e. The lowest BCUT2D eigenvalue weighted by molar-refractivity contribution is -0.0936. The third-order valence-electron chi connectivity index (χ3n) is 11.2. The third kappa shape index (κ3) is 4.20. The van der Waals surface area contributed by atoms with Crippen LogP contribution in [0.3, 0.4) is 0 Å². The summed E-state index contributed by atoms with van der Waals surface area (Å²) in [5.41, 5.74) is 1.22. The lowest BCUT2D eigenvalue weighted by Gasteiger charge is -2.61. The molecule has 30 heavy (non-hydrogen) atoms. The summed E-state index contributed by atoms with van der Waals surface area (Å²) in [4.78, 5) is 0. The Morgan fingerprint density at radius 3 is 2.43 bits per heavy atom. The van der Waals surface area contributed by atoms with Crippen molar-refractivity contribution in [2.24, 2.45) is 58.2 Å². The Balaban J connectivity index is 1.44. The average molecular weight is 413 g/mol. The van der Waals surface area contributed by atoms with Gasteiger partial charge < -0.3 is 0 Å². The van der Waals surface area contributed by atoms with Crippen LogP contribution in [-0.4, -0.2) is 0 Å². The second-order valence-electron chi connectivity index (χ2n) is 13.4. The van der Waals surface area contributed by atoms with Gasteiger partial charge in [-0.25, -0.2) is 0 Å². The second-order valence-corrected chi connectivity index (χ2v) is 13.4. The monoisotopic (exact) mass is 412 g/mol. The quantitative estimate of drug-likeness (QED) is 0.381. The van der Waals surface area contributed by atoms with Gasteiger partial charge in [-0.2, -0.15) is 0 Å². The van der Waals surface area contributed by atoms with Gasteiger partial charge in [-0.05, 0) is 110 Å². The van der Waals surface area contributed by atoms with E-state index in [4.69, 9.17) is 0 Å². The fourth-order valence-corrected chi connectivity index (χ4v) is 8.94. The van der Waals surface area contributed by atoms with Gasteiger partial charge in [0.2, 0.25) is 0 Å². The Morgan fingerprint density at radius 1 is 0.900 bits per heavy atom. The highest BCUT2D eigenvalue weighted by Gasteiger charge is 2.56. The first-order chi connectivity index (χ1) is 14.3. The summed E-state index contributed by atoms with van der Waals surface area (Å²) >= 11 is 0. The molecule has 4 aliphatic rings. The van der Waals surface area contributed by atoms with E-state index >= 15 is 0 Å². The molecular weight excluding hydrogens is 360 g/mol. The van der Waals surface area contributed by atoms with E-state index in [1.54, 1.807) is 0 Å². The SMILES string of the molecule is CCC1CCC2(C)C(C=CC3C4CCC(C(C)CCCC(C)C)CC4(C)CCC32)C1. The highest BCUT2D eigenvalue weighted by molar-refractivity contribution is 5.17. The van der Waals surface area contributed by atoms with Crippen LogP contribution in [0.4, 0.5) is 0 Å². The molecule has 0 aliphatic heterocycles. The molecule has 0 heterocycles. The number of fused-ring (bicyclic) bond motifs is 5. The van der Waals surface area contributed by atoms with Gasteiger partial charge in [0, 0.05) is 0 Å². The molecule has 9 unspecified atom stereocenters. The maximum atomic E-state index is 2.77. The largest absolute Gasteiger partial charge is 0.0846 e. The lowest BCUT2D eigenvalue weighted by Crippen LogP contribution is -2.53. The molecule has 0 aromatic carbocycles. The fourth-order valence-electron chi connectivity index (χ4n) is 8.94. The summed E-state index contributed by atoms with van der Waals surface area (Å²) < 4.78 is 0. The summed E-state index contributed by atoms with van der Waals surface area (Å²) in [6.07, 6.45) is 23.3. The van der Waals surface area contributed by atoms with Crippen LogP contribution in [0.15, 0.2) is 12.2 Å². The zero-order chi connectivity index (χ0) is 21.5. The van der Waals surface area contributed by atoms with Gasteiger partial charge >= 0.3 is 0 Å². The molecule has 4 rings (SSSR count). The summed E-state index contributed by atoms with van der Waals surface area (Å²) in [7, 11) is 0. The van der Waals surface area contributed by atoms with Crippen LogP contribution in [0.2, 0.25) is 0 Å². The average Bonchev–Trinajstić information content (AvgIpc) is 2.71. The predicted molar refractivity (Wildman–Crippen MR) is 131 cm³/mol. The minimum Gasteiger partial charge on any atom is -0.0846 e. The van der Waals surface area contributed by atoms with Gasteiger partial charge in [0.05, 0.1) is 0 Å². The van der Waals surface area contributed by atoms with Crippen molar-refractivity contribution < 1.29 is 0 Å². The van der Waals surface area contributed by atoms with Gasteiger partial charge in [-0.3, -0.25) is 0 Å². The molecule has 4 aliphatic carbocycles. The van der Waals surface area contributed by atoms with E-state index in [9.17, 15) is 0 Å². The summed E-state index contributed by atoms with van der Waals surface area (Å²) in [5.74, 6) is 7.50. The lowest BCUT2D eigenvalue weighted by atomic mass is 9.43. The van der Waals surface area contributed by atoms with Crippen LogP contribution < -0.4 is 0 Å². The van der Waals surface area contributed by atoms with Crippen molar-refractivity contribution in [3.63, 3.8) is 0 Å². The topological polar surface area (TPSA) is 0 Å². The van der Waals surface area contributed by atoms with E-state index in [-0.39, 0.29) is 0 Å². The van der Waals surface area contributed by atoms with Crippen molar-refractivity contribution in [3.05, 3.63) is 12.2 Å². The number of hydrogen-bond donors (Lipinski definition) is 0. The first-order valence-corrected chi connectivity index (χ1v) is 13.9. The molecule has 9 atom stereocenters. The summed E-state index contributed by atoms with van der Waals surface area (Å²) in [6, 6.07) is 0. The van der Waals surface area contributed by atoms with Gasteiger partial charge in [-0.1, -0.05) is 79.4 Å². The van der Waals surface area contributed by atoms with Crippen molar-refractivity contribution in [1.29, 1.82) is 0 Å². The third-order valence-corrected chi connectivity index (χ3v) is 11.2. The van der Waals surface area contributed by atoms with Crippen LogP contribution >= 0.6 is 0 Å². The molecule has 0 amide bonds. The van der Waals surface area contributed by atoms with Gasteiger partial charge in [0.15, 0.2) is 0 Å². The molecule has 0 radical (unpaired) electrons. The van der Waals surface area contributed by atoms with Crippen molar-refractivity contribution in [2.45, 2.75) is 119 Å². The molecule has 172 valence electrons. The zero-order valence-electron chi connectivity index (χ0n) is 21.3. The van der Waals surface area contributed by atoms with Gasteiger partial charge in [0.1, 0.15) is 0 Å². The molecule has 0 aromatic heterocycles. The first-order valence-electron chi connectivity index (χ1n) is 13.9. The van der Waals surface area contributed by atoms with E-state index in [0.717, 1.165) is 47.3 Å². The van der Waals surface area contributed by atoms with Crippen LogP contribution in [0.1, 0.15) is 119 Å². The van der Waals surface area contributed by atoms with Crippen LogP contribution in [0, 0.1) is 58.2 Å². The first kappa shape index (κ1) is 22.9. The molecule has 3 saturated carbocycles. The van der Waals surface area contributed by atoms with Crippen LogP contribution in [0.25, 0.3) is 0 Å². The molecular formula is C30H52. The second kappa shape index (κ2) is 8.94. The minimum atomic E-state index is 0.605. The number of hydrogen-bond acceptors (Lipinski definition) is 0. The minimum absolute atomic E-state index is 0.605. The molecule has 0 bridgehead atoms. The van der Waals surface area contributed by atoms with Crippen LogP contribution in [-0.2, 0) is 0 Å². The predicted octanol–water partition coefficient (Wildman–Crippen LogP) is 9.30. The molecule has 0 heteroatoms. The van der Waals surface area contributed by atoms with E-state index in [2.05, 4.69) is 53.7 Å². The summed E-state index contributed by atoms with van der Waals surface area (Å²) in [6.45, 7) is 15.2. The normalized spacial score (nSPS) is 46.8. The van der Waals surface area contributed by atoms with E-state index < -0.39 is 0 Å². The molecule has 0 N–H and O–H groups in total. The van der Waals surface area contributed by atoms with Crippen molar-refractivity contribution >= 4 is 0 Å². The van der Waals surface area contributed by atoms with Gasteiger partial charge in [-0.15, -0.1) is 0 Å². The molecule has 3 fully saturated rings. The van der Waals surface area contributed by atoms with Gasteiger partial charge in [0.25, 0.3) is 0 Å². The number of rotatable bonds is 6. The molecule has 0 aromatic rings. The molecule has 0 spiro atoms. The van der Waals surface area contributed by atoms with E-state index in [1.807, 2.05) is 0 Å². The van der Waals surface area contributed by atoms with E-state index in [1.165, 1.54) is 77.0 Å². The van der Waals surface area contributed by atoms with Crippen molar-refractivity contribution in [3.8, 4) is 0 Å². The van der Waals surface area contributed by atoms with Crippen molar-refractivity contribution in [1.82, 2.24) is 0 Å². The van der Waals surface area contributed by atoms with E-state index in [0.29, 0.717) is 10.8 Å². The molecule has 0 nitrogen and oxygen atoms in total. The Hall–Kier alpha value is -0.260. The standard InChI is InChI=1S/C30H52/c1-7-23-15-18-30(6)25(19-23)12-13-26-27-14-11-24(22(4)10-8-9-21(2)3)20-29(27,5)17-16-28(26)30/h12-13,21-28H,7-11,14-20H2,1-6H3. The van der Waals surface area contributed by atoms with Crippen LogP contribution in [0.5, 0.6) is 0 Å². The maximum Gasteiger partial charge on any atom is -0.0166 e. The Kier molecular flexibility index (Phi) is 6.83. The Morgan fingerprint density at radius 2 is 1.70 bits per heavy atom. The Labute approximate surface area is 189 Å².